The molecule has 0 saturated heterocycles. The molecule has 0 fully saturated rings. The minimum atomic E-state index is 1.16. The van der Waals surface area contributed by atoms with Gasteiger partial charge in [0.1, 0.15) is 0 Å². The Hall–Kier alpha value is -5.86. The van der Waals surface area contributed by atoms with Crippen LogP contribution < -0.4 is 0 Å². The molecule has 0 N–H and O–H groups in total. The summed E-state index contributed by atoms with van der Waals surface area (Å²) in [5.41, 5.74) is 12.0. The van der Waals surface area contributed by atoms with E-state index in [0.717, 1.165) is 5.69 Å². The van der Waals surface area contributed by atoms with Crippen molar-refractivity contribution in [2.45, 2.75) is 0 Å². The first-order chi connectivity index (χ1) is 21.8. The van der Waals surface area contributed by atoms with Gasteiger partial charge in [-0.05, 0) is 59.2 Å². The fourth-order valence-electron chi connectivity index (χ4n) is 6.95. The third kappa shape index (κ3) is 3.75. The lowest BCUT2D eigenvalue weighted by Gasteiger charge is -2.14. The van der Waals surface area contributed by atoms with Crippen LogP contribution in [-0.2, 0) is 0 Å². The third-order valence-corrected chi connectivity index (χ3v) is 8.91. The Balaban J connectivity index is 1.39. The minimum absolute atomic E-state index is 1.16. The SMILES string of the molecule is c1ccc(-c2cccc(-n3c4ccccc4c4cc5c6ccccc6n(-c6ccccc6-c6ccccc6)c5cc43)c2)cc1. The number of benzene rings is 7. The first-order valence-electron chi connectivity index (χ1n) is 15.1. The molecule has 0 radical (unpaired) electrons. The number of nitrogens with zero attached hydrogens (tertiary/aromatic N) is 2. The van der Waals surface area contributed by atoms with Crippen LogP contribution in [0.15, 0.2) is 170 Å². The van der Waals surface area contributed by atoms with Crippen LogP contribution in [0.25, 0.3) is 77.2 Å². The van der Waals surface area contributed by atoms with Crippen molar-refractivity contribution in [3.05, 3.63) is 170 Å². The van der Waals surface area contributed by atoms with E-state index in [1.165, 1.54) is 71.6 Å². The van der Waals surface area contributed by atoms with E-state index in [2.05, 4.69) is 179 Å². The summed E-state index contributed by atoms with van der Waals surface area (Å²) < 4.78 is 4.89. The highest BCUT2D eigenvalue weighted by molar-refractivity contribution is 6.19. The van der Waals surface area contributed by atoms with E-state index in [1.807, 2.05) is 0 Å². The van der Waals surface area contributed by atoms with Crippen molar-refractivity contribution in [3.8, 4) is 33.6 Å². The van der Waals surface area contributed by atoms with Crippen LogP contribution in [-0.4, -0.2) is 9.13 Å². The first-order valence-corrected chi connectivity index (χ1v) is 15.1. The predicted octanol–water partition coefficient (Wildman–Crippen LogP) is 11.2. The lowest BCUT2D eigenvalue weighted by Crippen LogP contribution is -1.98. The molecule has 0 spiro atoms. The molecule has 2 aromatic heterocycles. The van der Waals surface area contributed by atoms with Crippen molar-refractivity contribution in [2.24, 2.45) is 0 Å². The number of hydrogen-bond donors (Lipinski definition) is 0. The van der Waals surface area contributed by atoms with Gasteiger partial charge in [0.15, 0.2) is 0 Å². The topological polar surface area (TPSA) is 9.86 Å². The second-order valence-electron chi connectivity index (χ2n) is 11.4. The molecule has 0 aliphatic carbocycles. The van der Waals surface area contributed by atoms with E-state index in [-0.39, 0.29) is 0 Å². The monoisotopic (exact) mass is 560 g/mol. The maximum absolute atomic E-state index is 2.45. The zero-order valence-electron chi connectivity index (χ0n) is 24.1. The molecule has 2 nitrogen and oxygen atoms in total. The second-order valence-corrected chi connectivity index (χ2v) is 11.4. The molecule has 0 unspecified atom stereocenters. The average molecular weight is 561 g/mol. The zero-order chi connectivity index (χ0) is 29.0. The van der Waals surface area contributed by atoms with Crippen molar-refractivity contribution < 1.29 is 0 Å². The minimum Gasteiger partial charge on any atom is -0.309 e. The van der Waals surface area contributed by atoms with Gasteiger partial charge in [0.05, 0.1) is 27.8 Å². The lowest BCUT2D eigenvalue weighted by atomic mass is 10.0. The van der Waals surface area contributed by atoms with Crippen LogP contribution in [0, 0.1) is 0 Å². The van der Waals surface area contributed by atoms with Gasteiger partial charge >= 0.3 is 0 Å². The molecule has 7 aromatic carbocycles. The molecular weight excluding hydrogens is 532 g/mol. The van der Waals surface area contributed by atoms with E-state index in [9.17, 15) is 0 Å². The van der Waals surface area contributed by atoms with Crippen molar-refractivity contribution in [2.75, 3.05) is 0 Å². The third-order valence-electron chi connectivity index (χ3n) is 8.91. The smallest absolute Gasteiger partial charge is 0.0562 e. The fraction of sp³-hybridized carbons (Fsp3) is 0. The summed E-state index contributed by atoms with van der Waals surface area (Å²) in [7, 11) is 0. The summed E-state index contributed by atoms with van der Waals surface area (Å²) in [6, 6.07) is 61.4. The molecular formula is C42H28N2. The van der Waals surface area contributed by atoms with E-state index in [1.54, 1.807) is 0 Å². The molecule has 9 aromatic rings. The maximum atomic E-state index is 2.45. The largest absolute Gasteiger partial charge is 0.309 e. The molecule has 2 heteroatoms. The van der Waals surface area contributed by atoms with Crippen LogP contribution in [0.2, 0.25) is 0 Å². The summed E-state index contributed by atoms with van der Waals surface area (Å²) >= 11 is 0. The number of para-hydroxylation sites is 3. The average Bonchev–Trinajstić information content (AvgIpc) is 3.60. The van der Waals surface area contributed by atoms with Gasteiger partial charge in [-0.1, -0.05) is 127 Å². The van der Waals surface area contributed by atoms with Crippen molar-refractivity contribution >= 4 is 43.6 Å². The van der Waals surface area contributed by atoms with Gasteiger partial charge in [-0.3, -0.25) is 0 Å². The van der Waals surface area contributed by atoms with E-state index in [4.69, 9.17) is 0 Å². The first kappa shape index (κ1) is 24.7. The Morgan fingerprint density at radius 1 is 0.295 bits per heavy atom. The van der Waals surface area contributed by atoms with Crippen molar-refractivity contribution in [1.82, 2.24) is 9.13 Å². The summed E-state index contributed by atoms with van der Waals surface area (Å²) in [6.07, 6.45) is 0. The second kappa shape index (κ2) is 9.86. The van der Waals surface area contributed by atoms with Crippen LogP contribution in [0.4, 0.5) is 0 Å². The van der Waals surface area contributed by atoms with Crippen LogP contribution in [0.1, 0.15) is 0 Å². The molecule has 0 saturated carbocycles. The van der Waals surface area contributed by atoms with Gasteiger partial charge in [0, 0.05) is 32.8 Å². The van der Waals surface area contributed by atoms with Crippen molar-refractivity contribution in [1.29, 1.82) is 0 Å². The number of hydrogen-bond acceptors (Lipinski definition) is 0. The van der Waals surface area contributed by atoms with E-state index in [0.29, 0.717) is 0 Å². The van der Waals surface area contributed by atoms with Gasteiger partial charge in [-0.2, -0.15) is 0 Å². The highest BCUT2D eigenvalue weighted by Gasteiger charge is 2.19. The summed E-state index contributed by atoms with van der Waals surface area (Å²) in [5, 5.41) is 5.04. The fourth-order valence-corrected chi connectivity index (χ4v) is 6.95. The number of aromatic nitrogens is 2. The Morgan fingerprint density at radius 2 is 0.841 bits per heavy atom. The highest BCUT2D eigenvalue weighted by atomic mass is 15.0. The summed E-state index contributed by atoms with van der Waals surface area (Å²) in [4.78, 5) is 0. The molecule has 9 rings (SSSR count). The Kier molecular flexibility index (Phi) is 5.54. The van der Waals surface area contributed by atoms with Crippen LogP contribution >= 0.6 is 0 Å². The van der Waals surface area contributed by atoms with Gasteiger partial charge in [0.25, 0.3) is 0 Å². The molecule has 0 aliphatic rings. The molecule has 0 atom stereocenters. The maximum Gasteiger partial charge on any atom is 0.0562 e. The van der Waals surface area contributed by atoms with E-state index < -0.39 is 0 Å². The van der Waals surface area contributed by atoms with Gasteiger partial charge in [0.2, 0.25) is 0 Å². The molecule has 0 aliphatic heterocycles. The van der Waals surface area contributed by atoms with Crippen molar-refractivity contribution in [3.63, 3.8) is 0 Å². The quantitative estimate of drug-likeness (QED) is 0.203. The summed E-state index contributed by atoms with van der Waals surface area (Å²) in [5.74, 6) is 0. The Bertz CT molecular complexity index is 2480. The van der Waals surface area contributed by atoms with Crippen LogP contribution in [0.3, 0.4) is 0 Å². The molecule has 0 bridgehead atoms. The number of fused-ring (bicyclic) bond motifs is 6. The Labute approximate surface area is 255 Å². The predicted molar refractivity (Wildman–Crippen MR) is 186 cm³/mol. The molecule has 0 amide bonds. The Morgan fingerprint density at radius 3 is 1.57 bits per heavy atom. The number of rotatable bonds is 4. The lowest BCUT2D eigenvalue weighted by molar-refractivity contribution is 1.17. The standard InChI is InChI=1S/C42H28N2/c1-3-14-29(15-4-1)31-18-13-19-32(26-31)43-39-24-11-8-21-34(39)36-27-37-35-22-9-12-25-40(35)44(42(37)28-41(36)43)38-23-10-7-20-33(38)30-16-5-2-6-17-30/h1-28H. The summed E-state index contributed by atoms with van der Waals surface area (Å²) in [6.45, 7) is 0. The molecule has 2 heterocycles. The highest BCUT2D eigenvalue weighted by Crippen LogP contribution is 2.41. The van der Waals surface area contributed by atoms with Gasteiger partial charge in [-0.15, -0.1) is 0 Å². The van der Waals surface area contributed by atoms with Crippen LogP contribution in [0.5, 0.6) is 0 Å². The van der Waals surface area contributed by atoms with E-state index >= 15 is 0 Å². The molecule has 206 valence electrons. The zero-order valence-corrected chi connectivity index (χ0v) is 24.1. The van der Waals surface area contributed by atoms with Gasteiger partial charge in [-0.25, -0.2) is 0 Å². The molecule has 44 heavy (non-hydrogen) atoms. The van der Waals surface area contributed by atoms with Gasteiger partial charge < -0.3 is 9.13 Å². The normalized spacial score (nSPS) is 11.6.